The minimum Gasteiger partial charge on any atom is -0.492 e. The molecule has 6 nitrogen and oxygen atoms in total. The van der Waals surface area contributed by atoms with Gasteiger partial charge in [-0.25, -0.2) is 4.39 Å². The van der Waals surface area contributed by atoms with Crippen molar-refractivity contribution >= 4 is 17.1 Å². The van der Waals surface area contributed by atoms with E-state index in [-0.39, 0.29) is 5.82 Å². The number of ether oxygens (including phenoxy) is 1. The van der Waals surface area contributed by atoms with Crippen LogP contribution < -0.4 is 16.2 Å². The molecule has 0 heterocycles. The van der Waals surface area contributed by atoms with Crippen molar-refractivity contribution in [3.8, 4) is 16.9 Å². The van der Waals surface area contributed by atoms with Crippen LogP contribution in [0.1, 0.15) is 25.8 Å². The molecule has 31 heavy (non-hydrogen) atoms. The Hall–Kier alpha value is -3.19. The summed E-state index contributed by atoms with van der Waals surface area (Å²) < 4.78 is 20.0. The molecule has 0 spiro atoms. The monoisotopic (exact) mass is 425 g/mol. The highest BCUT2D eigenvalue weighted by molar-refractivity contribution is 6.05. The summed E-state index contributed by atoms with van der Waals surface area (Å²) in [6.45, 7) is 4.52. The minimum absolute atomic E-state index is 0.325. The Morgan fingerprint density at radius 1 is 1.16 bits per heavy atom. The largest absolute Gasteiger partial charge is 0.492 e. The second-order valence-electron chi connectivity index (χ2n) is 7.73. The van der Waals surface area contributed by atoms with Crippen molar-refractivity contribution in [1.29, 1.82) is 5.41 Å². The first-order valence-electron chi connectivity index (χ1n) is 10.1. The predicted octanol–water partition coefficient (Wildman–Crippen LogP) is 4.10. The maximum atomic E-state index is 14.0. The lowest BCUT2D eigenvalue weighted by Gasteiger charge is -2.16. The second-order valence-corrected chi connectivity index (χ2v) is 7.73. The van der Waals surface area contributed by atoms with Crippen molar-refractivity contribution in [2.24, 2.45) is 10.7 Å². The zero-order valence-electron chi connectivity index (χ0n) is 18.9. The van der Waals surface area contributed by atoms with Crippen molar-refractivity contribution in [1.82, 2.24) is 4.90 Å². The number of anilines is 1. The summed E-state index contributed by atoms with van der Waals surface area (Å²) in [5.41, 5.74) is 17.7. The average molecular weight is 426 g/mol. The van der Waals surface area contributed by atoms with E-state index in [0.717, 1.165) is 22.4 Å². The highest BCUT2D eigenvalue weighted by Crippen LogP contribution is 2.33. The molecule has 0 saturated carbocycles. The van der Waals surface area contributed by atoms with E-state index in [9.17, 15) is 4.39 Å². The highest BCUT2D eigenvalue weighted by atomic mass is 19.1. The van der Waals surface area contributed by atoms with E-state index in [2.05, 4.69) is 4.99 Å². The van der Waals surface area contributed by atoms with Gasteiger partial charge in [0.25, 0.3) is 0 Å². The molecule has 2 aromatic carbocycles. The minimum atomic E-state index is -0.383. The van der Waals surface area contributed by atoms with E-state index in [1.54, 1.807) is 19.2 Å². The van der Waals surface area contributed by atoms with Crippen LogP contribution in [0.25, 0.3) is 11.1 Å². The molecule has 0 aromatic heterocycles. The third kappa shape index (κ3) is 6.39. The molecule has 2 aromatic rings. The Labute approximate surface area is 183 Å². The summed E-state index contributed by atoms with van der Waals surface area (Å²) in [6, 6.07) is 9.92. The number of allylic oxidation sites excluding steroid dienone is 1. The third-order valence-electron chi connectivity index (χ3n) is 4.97. The Balaban J connectivity index is 2.34. The summed E-state index contributed by atoms with van der Waals surface area (Å²) in [7, 11) is 5.52. The van der Waals surface area contributed by atoms with Crippen molar-refractivity contribution in [3.05, 3.63) is 59.0 Å². The topological polar surface area (TPSA) is 101 Å². The fourth-order valence-electron chi connectivity index (χ4n) is 3.30. The van der Waals surface area contributed by atoms with Crippen molar-refractivity contribution in [3.63, 3.8) is 0 Å². The van der Waals surface area contributed by atoms with Gasteiger partial charge in [0, 0.05) is 54.3 Å². The number of likely N-dealkylation sites (N-methyl/N-ethyl adjacent to an activating group) is 1. The van der Waals surface area contributed by atoms with E-state index < -0.39 is 0 Å². The van der Waals surface area contributed by atoms with Gasteiger partial charge in [-0.2, -0.15) is 0 Å². The molecule has 0 fully saturated rings. The van der Waals surface area contributed by atoms with Crippen LogP contribution in [0, 0.1) is 11.2 Å². The first-order valence-corrected chi connectivity index (χ1v) is 10.1. The quantitative estimate of drug-likeness (QED) is 0.416. The molecular formula is C24H32FN5O. The van der Waals surface area contributed by atoms with Crippen LogP contribution in [0.3, 0.4) is 0 Å². The Morgan fingerprint density at radius 2 is 1.87 bits per heavy atom. The number of aliphatic imine (C=N–C) groups is 1. The molecule has 0 amide bonds. The second kappa shape index (κ2) is 10.7. The maximum Gasteiger partial charge on any atom is 0.130 e. The fraction of sp³-hybridized carbons (Fsp3) is 0.333. The predicted molar refractivity (Wildman–Crippen MR) is 128 cm³/mol. The van der Waals surface area contributed by atoms with Gasteiger partial charge in [-0.3, -0.25) is 4.99 Å². The van der Waals surface area contributed by atoms with E-state index in [1.807, 2.05) is 45.0 Å². The Bertz CT molecular complexity index is 1010. The molecule has 7 heteroatoms. The van der Waals surface area contributed by atoms with Crippen LogP contribution in [0.15, 0.2) is 52.7 Å². The molecule has 0 aliphatic rings. The summed E-state index contributed by atoms with van der Waals surface area (Å²) in [4.78, 5) is 6.11. The van der Waals surface area contributed by atoms with Crippen molar-refractivity contribution in [2.75, 3.05) is 40.0 Å². The molecule has 0 radical (unpaired) electrons. The third-order valence-corrected chi connectivity index (χ3v) is 4.97. The van der Waals surface area contributed by atoms with Crippen LogP contribution >= 0.6 is 0 Å². The number of nitrogens with one attached hydrogen (secondary N) is 1. The van der Waals surface area contributed by atoms with Crippen LogP contribution in [0.5, 0.6) is 5.75 Å². The smallest absolute Gasteiger partial charge is 0.130 e. The zero-order chi connectivity index (χ0) is 23.1. The lowest BCUT2D eigenvalue weighted by molar-refractivity contribution is 0.322. The molecule has 0 unspecified atom stereocenters. The van der Waals surface area contributed by atoms with Crippen LogP contribution in [0.4, 0.5) is 10.1 Å². The van der Waals surface area contributed by atoms with Gasteiger partial charge in [0.1, 0.15) is 11.6 Å². The maximum absolute atomic E-state index is 14.0. The summed E-state index contributed by atoms with van der Waals surface area (Å²) in [5, 5.41) is 8.36. The number of halogens is 1. The SMILES string of the molecule is CN=C(C)C(CCOc1cc(F)ccc1-c1ccc(N)c(C(=N)CN(C)C)c1)=C(C)N. The van der Waals surface area contributed by atoms with Crippen molar-refractivity contribution in [2.45, 2.75) is 20.3 Å². The van der Waals surface area contributed by atoms with Crippen LogP contribution in [-0.2, 0) is 0 Å². The molecule has 0 aliphatic heterocycles. The number of nitrogens with two attached hydrogens (primary N) is 2. The Morgan fingerprint density at radius 3 is 2.48 bits per heavy atom. The van der Waals surface area contributed by atoms with Crippen LogP contribution in [0.2, 0.25) is 0 Å². The summed E-state index contributed by atoms with van der Waals surface area (Å²) in [5.74, 6) is 0.0433. The lowest BCUT2D eigenvalue weighted by atomic mass is 9.98. The number of nitrogen functional groups attached to an aromatic ring is 1. The van der Waals surface area contributed by atoms with Crippen molar-refractivity contribution < 1.29 is 9.13 Å². The molecular weight excluding hydrogens is 393 g/mol. The van der Waals surface area contributed by atoms with E-state index in [0.29, 0.717) is 48.0 Å². The summed E-state index contributed by atoms with van der Waals surface area (Å²) in [6.07, 6.45) is 0.557. The molecule has 2 rings (SSSR count). The van der Waals surface area contributed by atoms with E-state index in [4.69, 9.17) is 21.6 Å². The number of hydrogen-bond donors (Lipinski definition) is 3. The fourth-order valence-corrected chi connectivity index (χ4v) is 3.30. The molecule has 0 saturated heterocycles. The standard InChI is InChI=1S/C24H32FN5O/c1-15(26)19(16(2)29-3)10-11-31-24-13-18(25)7-8-20(24)17-6-9-22(27)21(12-17)23(28)14-30(4)5/h6-9,12-13,28H,10-11,14,26-27H2,1-5H3. The number of rotatable bonds is 9. The first-order chi connectivity index (χ1) is 14.6. The van der Waals surface area contributed by atoms with Gasteiger partial charge >= 0.3 is 0 Å². The highest BCUT2D eigenvalue weighted by Gasteiger charge is 2.14. The zero-order valence-corrected chi connectivity index (χ0v) is 18.9. The van der Waals surface area contributed by atoms with Gasteiger partial charge in [-0.15, -0.1) is 0 Å². The van der Waals surface area contributed by atoms with Crippen LogP contribution in [-0.4, -0.2) is 50.6 Å². The van der Waals surface area contributed by atoms with Gasteiger partial charge < -0.3 is 26.5 Å². The normalized spacial score (nSPS) is 12.7. The number of nitrogens with zero attached hydrogens (tertiary/aromatic N) is 2. The van der Waals surface area contributed by atoms with Gasteiger partial charge in [0.05, 0.1) is 12.3 Å². The van der Waals surface area contributed by atoms with Gasteiger partial charge in [0.15, 0.2) is 0 Å². The Kier molecular flexibility index (Phi) is 8.33. The van der Waals surface area contributed by atoms with Gasteiger partial charge in [0.2, 0.25) is 0 Å². The van der Waals surface area contributed by atoms with E-state index in [1.165, 1.54) is 12.1 Å². The molecule has 0 bridgehead atoms. The van der Waals surface area contributed by atoms with Gasteiger partial charge in [-0.05, 0) is 63.3 Å². The molecule has 0 atom stereocenters. The number of hydrogen-bond acceptors (Lipinski definition) is 6. The molecule has 5 N–H and O–H groups in total. The molecule has 0 aliphatic carbocycles. The van der Waals surface area contributed by atoms with Gasteiger partial charge in [-0.1, -0.05) is 6.07 Å². The average Bonchev–Trinajstić information content (AvgIpc) is 2.70. The number of benzene rings is 2. The first kappa shape index (κ1) is 24.1. The molecule has 166 valence electrons. The summed E-state index contributed by atoms with van der Waals surface area (Å²) >= 11 is 0. The van der Waals surface area contributed by atoms with E-state index >= 15 is 0 Å². The lowest BCUT2D eigenvalue weighted by Crippen LogP contribution is -2.22.